The van der Waals surface area contributed by atoms with E-state index in [0.29, 0.717) is 4.48 Å². The first-order chi connectivity index (χ1) is 6.12. The van der Waals surface area contributed by atoms with Gasteiger partial charge in [-0.3, -0.25) is 0 Å². The lowest BCUT2D eigenvalue weighted by Gasteiger charge is -2.09. The van der Waals surface area contributed by atoms with Crippen LogP contribution in [-0.2, 0) is 10.2 Å². The zero-order valence-corrected chi connectivity index (χ0v) is 9.26. The van der Waals surface area contributed by atoms with Crippen molar-refractivity contribution in [2.75, 3.05) is 13.1 Å². The van der Waals surface area contributed by atoms with Crippen molar-refractivity contribution in [1.29, 1.82) is 0 Å². The van der Waals surface area contributed by atoms with Gasteiger partial charge in [0.1, 0.15) is 6.54 Å². The Balaban J connectivity index is 4.03. The molecule has 84 valence electrons. The molecule has 0 saturated carbocycles. The Kier molecular flexibility index (Phi) is 5.06. The molecule has 0 aromatic rings. The average Bonchev–Trinajstić information content (AvgIpc) is 1.97. The Hall–Kier alpha value is -0.120. The third kappa shape index (κ3) is 8.48. The first kappa shape index (κ1) is 13.9. The SMILES string of the molecule is C=C(Br)CNS(=O)(=O)NCC(F)(F)F. The van der Waals surface area contributed by atoms with Crippen LogP contribution in [0, 0.1) is 0 Å². The molecule has 0 saturated heterocycles. The molecular weight excluding hydrogens is 289 g/mol. The van der Waals surface area contributed by atoms with E-state index in [1.807, 2.05) is 4.72 Å². The number of halogens is 4. The highest BCUT2D eigenvalue weighted by atomic mass is 79.9. The summed E-state index contributed by atoms with van der Waals surface area (Å²) in [6, 6.07) is 0. The van der Waals surface area contributed by atoms with Crippen LogP contribution < -0.4 is 9.44 Å². The lowest BCUT2D eigenvalue weighted by molar-refractivity contribution is -0.121. The highest BCUT2D eigenvalue weighted by Gasteiger charge is 2.29. The van der Waals surface area contributed by atoms with E-state index in [2.05, 4.69) is 22.5 Å². The molecule has 0 rings (SSSR count). The largest absolute Gasteiger partial charge is 0.402 e. The summed E-state index contributed by atoms with van der Waals surface area (Å²) in [7, 11) is -4.12. The van der Waals surface area contributed by atoms with E-state index in [-0.39, 0.29) is 6.54 Å². The number of hydrogen-bond donors (Lipinski definition) is 2. The molecule has 0 aliphatic rings. The van der Waals surface area contributed by atoms with Crippen molar-refractivity contribution < 1.29 is 21.6 Å². The Morgan fingerprint density at radius 2 is 1.86 bits per heavy atom. The lowest BCUT2D eigenvalue weighted by atomic mass is 10.7. The third-order valence-electron chi connectivity index (χ3n) is 0.917. The second-order valence-electron chi connectivity index (χ2n) is 2.28. The maximum absolute atomic E-state index is 11.6. The van der Waals surface area contributed by atoms with E-state index in [0.717, 1.165) is 0 Å². The maximum atomic E-state index is 11.6. The molecular formula is C5H8BrF3N2O2S. The van der Waals surface area contributed by atoms with E-state index in [1.165, 1.54) is 4.72 Å². The molecule has 4 nitrogen and oxygen atoms in total. The van der Waals surface area contributed by atoms with Crippen LogP contribution >= 0.6 is 15.9 Å². The van der Waals surface area contributed by atoms with Crippen molar-refractivity contribution in [2.45, 2.75) is 6.18 Å². The van der Waals surface area contributed by atoms with Gasteiger partial charge in [0.2, 0.25) is 0 Å². The van der Waals surface area contributed by atoms with Crippen LogP contribution in [0.1, 0.15) is 0 Å². The zero-order valence-electron chi connectivity index (χ0n) is 6.86. The van der Waals surface area contributed by atoms with Crippen LogP contribution in [0.2, 0.25) is 0 Å². The van der Waals surface area contributed by atoms with Crippen molar-refractivity contribution >= 4 is 26.1 Å². The number of nitrogens with one attached hydrogen (secondary N) is 2. The minimum absolute atomic E-state index is 0.173. The van der Waals surface area contributed by atoms with E-state index in [4.69, 9.17) is 0 Å². The number of alkyl halides is 3. The average molecular weight is 297 g/mol. The first-order valence-electron chi connectivity index (χ1n) is 3.27. The monoisotopic (exact) mass is 296 g/mol. The van der Waals surface area contributed by atoms with Crippen LogP contribution in [0.15, 0.2) is 11.1 Å². The topological polar surface area (TPSA) is 58.2 Å². The molecule has 0 aromatic carbocycles. The summed E-state index contributed by atoms with van der Waals surface area (Å²) in [5, 5.41) is 0. The Labute approximate surface area is 87.9 Å². The second-order valence-corrected chi connectivity index (χ2v) is 4.98. The van der Waals surface area contributed by atoms with Gasteiger partial charge in [-0.15, -0.1) is 0 Å². The van der Waals surface area contributed by atoms with Crippen LogP contribution in [-0.4, -0.2) is 27.7 Å². The molecule has 9 heteroatoms. The second kappa shape index (κ2) is 5.10. The lowest BCUT2D eigenvalue weighted by Crippen LogP contribution is -2.41. The third-order valence-corrected chi connectivity index (χ3v) is 2.25. The zero-order chi connectivity index (χ0) is 11.4. The van der Waals surface area contributed by atoms with Gasteiger partial charge in [0.15, 0.2) is 0 Å². The molecule has 0 aromatic heterocycles. The van der Waals surface area contributed by atoms with Gasteiger partial charge in [-0.1, -0.05) is 22.5 Å². The predicted octanol–water partition coefficient (Wildman–Crippen LogP) is 0.881. The van der Waals surface area contributed by atoms with E-state index in [1.54, 1.807) is 0 Å². The molecule has 0 unspecified atom stereocenters. The number of hydrogen-bond acceptors (Lipinski definition) is 2. The summed E-state index contributed by atoms with van der Waals surface area (Å²) in [4.78, 5) is 0. The minimum atomic E-state index is -4.57. The van der Waals surface area contributed by atoms with Gasteiger partial charge in [-0.05, 0) is 0 Å². The van der Waals surface area contributed by atoms with Crippen molar-refractivity contribution in [3.8, 4) is 0 Å². The van der Waals surface area contributed by atoms with Crippen LogP contribution in [0.25, 0.3) is 0 Å². The maximum Gasteiger partial charge on any atom is 0.402 e. The van der Waals surface area contributed by atoms with Gasteiger partial charge < -0.3 is 0 Å². The fourth-order valence-electron chi connectivity index (χ4n) is 0.401. The summed E-state index contributed by atoms with van der Waals surface area (Å²) < 4.78 is 59.9. The van der Waals surface area contributed by atoms with E-state index < -0.39 is 22.9 Å². The molecule has 0 aliphatic heterocycles. The van der Waals surface area contributed by atoms with Gasteiger partial charge in [0.25, 0.3) is 10.2 Å². The summed E-state index contributed by atoms with van der Waals surface area (Å²) in [5.74, 6) is 0. The predicted molar refractivity (Wildman–Crippen MR) is 49.0 cm³/mol. The fraction of sp³-hybridized carbons (Fsp3) is 0.600. The summed E-state index contributed by atoms with van der Waals surface area (Å²) in [6.07, 6.45) is -4.57. The highest BCUT2D eigenvalue weighted by molar-refractivity contribution is 9.11. The smallest absolute Gasteiger partial charge is 0.197 e. The fourth-order valence-corrected chi connectivity index (χ4v) is 1.55. The van der Waals surface area contributed by atoms with Gasteiger partial charge in [0, 0.05) is 11.0 Å². The molecule has 2 N–H and O–H groups in total. The molecule has 0 fully saturated rings. The minimum Gasteiger partial charge on any atom is -0.197 e. The van der Waals surface area contributed by atoms with Gasteiger partial charge in [0.05, 0.1) is 0 Å². The quantitative estimate of drug-likeness (QED) is 0.791. The van der Waals surface area contributed by atoms with Gasteiger partial charge in [-0.2, -0.15) is 31.0 Å². The molecule has 0 bridgehead atoms. The van der Waals surface area contributed by atoms with Crippen molar-refractivity contribution in [3.05, 3.63) is 11.1 Å². The van der Waals surface area contributed by atoms with E-state index >= 15 is 0 Å². The summed E-state index contributed by atoms with van der Waals surface area (Å²) >= 11 is 2.85. The normalized spacial score (nSPS) is 12.9. The van der Waals surface area contributed by atoms with Crippen molar-refractivity contribution in [1.82, 2.24) is 9.44 Å². The summed E-state index contributed by atoms with van der Waals surface area (Å²) in [5.41, 5.74) is 0. The van der Waals surface area contributed by atoms with Crippen LogP contribution in [0.5, 0.6) is 0 Å². The van der Waals surface area contributed by atoms with Gasteiger partial charge in [-0.25, -0.2) is 0 Å². The molecule has 14 heavy (non-hydrogen) atoms. The van der Waals surface area contributed by atoms with Gasteiger partial charge >= 0.3 is 6.18 Å². The molecule has 0 atom stereocenters. The molecule has 0 radical (unpaired) electrons. The van der Waals surface area contributed by atoms with Crippen LogP contribution in [0.4, 0.5) is 13.2 Å². The Morgan fingerprint density at radius 3 is 2.21 bits per heavy atom. The van der Waals surface area contributed by atoms with Crippen molar-refractivity contribution in [3.63, 3.8) is 0 Å². The standard InChI is InChI=1S/C5H8BrF3N2O2S/c1-4(6)2-10-14(12,13)11-3-5(7,8)9/h10-11H,1-3H2. The number of rotatable bonds is 5. The molecule has 0 heterocycles. The van der Waals surface area contributed by atoms with Crippen LogP contribution in [0.3, 0.4) is 0 Å². The molecule has 0 spiro atoms. The van der Waals surface area contributed by atoms with Crippen molar-refractivity contribution in [2.24, 2.45) is 0 Å². The molecule has 0 aliphatic carbocycles. The molecule has 0 amide bonds. The first-order valence-corrected chi connectivity index (χ1v) is 5.54. The van der Waals surface area contributed by atoms with E-state index in [9.17, 15) is 21.6 Å². The Morgan fingerprint density at radius 1 is 1.36 bits per heavy atom. The highest BCUT2D eigenvalue weighted by Crippen LogP contribution is 2.12. The summed E-state index contributed by atoms with van der Waals surface area (Å²) in [6.45, 7) is 1.53. The Bertz CT molecular complexity index is 301.